The van der Waals surface area contributed by atoms with Crippen LogP contribution in [0.5, 0.6) is 12.0 Å². The van der Waals surface area contributed by atoms with Gasteiger partial charge in [0.2, 0.25) is 5.95 Å². The van der Waals surface area contributed by atoms with Crippen molar-refractivity contribution in [3.8, 4) is 12.0 Å². The maximum absolute atomic E-state index is 5.08. The summed E-state index contributed by atoms with van der Waals surface area (Å²) in [6.07, 6.45) is 1.17. The Bertz CT molecular complexity index is 419. The minimum absolute atomic E-state index is 0.297. The Kier molecular flexibility index (Phi) is 2.91. The van der Waals surface area contributed by atoms with Gasteiger partial charge in [0.1, 0.15) is 0 Å². The second kappa shape index (κ2) is 4.56. The molecule has 0 amide bonds. The SMILES string of the molecule is COc1nc(OC)nc(N2CC[C@@H]3CNC[C@@H]32)n1. The van der Waals surface area contributed by atoms with E-state index in [1.54, 1.807) is 14.2 Å². The monoisotopic (exact) mass is 251 g/mol. The maximum Gasteiger partial charge on any atom is 0.324 e. The molecule has 1 aromatic rings. The number of nitrogens with zero attached hydrogens (tertiary/aromatic N) is 4. The molecule has 18 heavy (non-hydrogen) atoms. The zero-order chi connectivity index (χ0) is 12.5. The summed E-state index contributed by atoms with van der Waals surface area (Å²) in [6, 6.07) is 1.07. The van der Waals surface area contributed by atoms with E-state index in [-0.39, 0.29) is 0 Å². The van der Waals surface area contributed by atoms with Crippen molar-refractivity contribution in [3.63, 3.8) is 0 Å². The molecule has 0 saturated carbocycles. The number of nitrogens with one attached hydrogen (secondary N) is 1. The van der Waals surface area contributed by atoms with Crippen molar-refractivity contribution in [2.45, 2.75) is 12.5 Å². The van der Waals surface area contributed by atoms with Crippen molar-refractivity contribution in [2.75, 3.05) is 38.8 Å². The molecule has 2 aliphatic rings. The van der Waals surface area contributed by atoms with Gasteiger partial charge in [0.05, 0.1) is 14.2 Å². The highest BCUT2D eigenvalue weighted by Crippen LogP contribution is 2.30. The Morgan fingerprint density at radius 1 is 1.11 bits per heavy atom. The Morgan fingerprint density at radius 2 is 1.83 bits per heavy atom. The standard InChI is InChI=1S/C11H17N5O2/c1-17-10-13-9(14-11(15-10)18-2)16-4-3-7-5-12-6-8(7)16/h7-8,12H,3-6H2,1-2H3/t7-,8+/m1/s1. The van der Waals surface area contributed by atoms with Crippen LogP contribution in [0.3, 0.4) is 0 Å². The van der Waals surface area contributed by atoms with Crippen LogP contribution in [-0.4, -0.2) is 54.8 Å². The van der Waals surface area contributed by atoms with E-state index < -0.39 is 0 Å². The molecule has 0 bridgehead atoms. The van der Waals surface area contributed by atoms with Gasteiger partial charge in [0, 0.05) is 25.7 Å². The summed E-state index contributed by atoms with van der Waals surface area (Å²) >= 11 is 0. The number of aromatic nitrogens is 3. The molecule has 0 unspecified atom stereocenters. The number of hydrogen-bond acceptors (Lipinski definition) is 7. The molecular formula is C11H17N5O2. The smallest absolute Gasteiger partial charge is 0.324 e. The number of anilines is 1. The summed E-state index contributed by atoms with van der Waals surface area (Å²) in [4.78, 5) is 14.9. The van der Waals surface area contributed by atoms with Crippen LogP contribution in [-0.2, 0) is 0 Å². The topological polar surface area (TPSA) is 72.4 Å². The van der Waals surface area contributed by atoms with Crippen molar-refractivity contribution in [1.29, 1.82) is 0 Å². The van der Waals surface area contributed by atoms with Crippen LogP contribution in [0.25, 0.3) is 0 Å². The Labute approximate surface area is 106 Å². The molecular weight excluding hydrogens is 234 g/mol. The van der Waals surface area contributed by atoms with Gasteiger partial charge >= 0.3 is 12.0 Å². The largest absolute Gasteiger partial charge is 0.467 e. The summed E-state index contributed by atoms with van der Waals surface area (Å²) in [6.45, 7) is 3.05. The summed E-state index contributed by atoms with van der Waals surface area (Å²) < 4.78 is 10.2. The van der Waals surface area contributed by atoms with Crippen molar-refractivity contribution >= 4 is 5.95 Å². The summed E-state index contributed by atoms with van der Waals surface area (Å²) in [5, 5.41) is 3.41. The zero-order valence-electron chi connectivity index (χ0n) is 10.6. The van der Waals surface area contributed by atoms with Gasteiger partial charge in [-0.1, -0.05) is 0 Å². The van der Waals surface area contributed by atoms with Gasteiger partial charge in [-0.15, -0.1) is 4.98 Å². The van der Waals surface area contributed by atoms with Gasteiger partial charge in [-0.25, -0.2) is 0 Å². The predicted molar refractivity (Wildman–Crippen MR) is 65.0 cm³/mol. The molecule has 2 atom stereocenters. The first-order valence-corrected chi connectivity index (χ1v) is 6.13. The molecule has 1 aromatic heterocycles. The first kappa shape index (κ1) is 11.5. The molecule has 0 aromatic carbocycles. The Morgan fingerprint density at radius 3 is 2.50 bits per heavy atom. The molecule has 2 aliphatic heterocycles. The highest BCUT2D eigenvalue weighted by Gasteiger charge is 2.39. The van der Waals surface area contributed by atoms with Crippen molar-refractivity contribution < 1.29 is 9.47 Å². The second-order valence-corrected chi connectivity index (χ2v) is 4.58. The number of rotatable bonds is 3. The minimum Gasteiger partial charge on any atom is -0.467 e. The lowest BCUT2D eigenvalue weighted by Gasteiger charge is -2.23. The third kappa shape index (κ3) is 1.84. The van der Waals surface area contributed by atoms with Crippen LogP contribution in [0, 0.1) is 5.92 Å². The summed E-state index contributed by atoms with van der Waals surface area (Å²) in [7, 11) is 3.09. The number of fused-ring (bicyclic) bond motifs is 1. The van der Waals surface area contributed by atoms with Gasteiger partial charge in [-0.2, -0.15) is 9.97 Å². The van der Waals surface area contributed by atoms with Crippen LogP contribution in [0.1, 0.15) is 6.42 Å². The highest BCUT2D eigenvalue weighted by atomic mass is 16.5. The van der Waals surface area contributed by atoms with Crippen molar-refractivity contribution in [2.24, 2.45) is 5.92 Å². The fourth-order valence-corrected chi connectivity index (χ4v) is 2.74. The predicted octanol–water partition coefficient (Wildman–Crippen LogP) is -0.313. The quantitative estimate of drug-likeness (QED) is 0.789. The number of ether oxygens (including phenoxy) is 2. The van der Waals surface area contributed by atoms with E-state index in [9.17, 15) is 0 Å². The Hall–Kier alpha value is -1.63. The molecule has 0 aliphatic carbocycles. The lowest BCUT2D eigenvalue weighted by atomic mass is 10.1. The van der Waals surface area contributed by atoms with E-state index in [0.717, 1.165) is 19.6 Å². The van der Waals surface area contributed by atoms with E-state index in [1.807, 2.05) is 0 Å². The molecule has 7 nitrogen and oxygen atoms in total. The van der Waals surface area contributed by atoms with E-state index in [0.29, 0.717) is 29.9 Å². The molecule has 2 saturated heterocycles. The lowest BCUT2D eigenvalue weighted by Crippen LogP contribution is -2.35. The fraction of sp³-hybridized carbons (Fsp3) is 0.727. The molecule has 7 heteroatoms. The van der Waals surface area contributed by atoms with Crippen LogP contribution in [0.4, 0.5) is 5.95 Å². The normalized spacial score (nSPS) is 26.2. The zero-order valence-corrected chi connectivity index (χ0v) is 10.6. The van der Waals surface area contributed by atoms with Crippen LogP contribution in [0.15, 0.2) is 0 Å². The molecule has 98 valence electrons. The van der Waals surface area contributed by atoms with E-state index in [1.165, 1.54) is 6.42 Å². The van der Waals surface area contributed by atoms with E-state index in [2.05, 4.69) is 25.2 Å². The highest BCUT2D eigenvalue weighted by molar-refractivity contribution is 5.37. The maximum atomic E-state index is 5.08. The van der Waals surface area contributed by atoms with E-state index >= 15 is 0 Å². The lowest BCUT2D eigenvalue weighted by molar-refractivity contribution is 0.339. The van der Waals surface area contributed by atoms with Crippen LogP contribution >= 0.6 is 0 Å². The first-order chi connectivity index (χ1) is 8.81. The van der Waals surface area contributed by atoms with Gasteiger partial charge in [-0.05, 0) is 12.3 Å². The molecule has 0 radical (unpaired) electrons. The average Bonchev–Trinajstić information content (AvgIpc) is 3.00. The van der Waals surface area contributed by atoms with Crippen molar-refractivity contribution in [3.05, 3.63) is 0 Å². The molecule has 2 fully saturated rings. The van der Waals surface area contributed by atoms with Crippen LogP contribution < -0.4 is 19.7 Å². The molecule has 3 rings (SSSR count). The van der Waals surface area contributed by atoms with Gasteiger partial charge in [0.25, 0.3) is 0 Å². The van der Waals surface area contributed by atoms with Gasteiger partial charge in [-0.3, -0.25) is 0 Å². The fourth-order valence-electron chi connectivity index (χ4n) is 2.74. The average molecular weight is 251 g/mol. The van der Waals surface area contributed by atoms with Gasteiger partial charge < -0.3 is 19.7 Å². The summed E-state index contributed by atoms with van der Waals surface area (Å²) in [5.74, 6) is 1.34. The van der Waals surface area contributed by atoms with Gasteiger partial charge in [0.15, 0.2) is 0 Å². The second-order valence-electron chi connectivity index (χ2n) is 4.58. The van der Waals surface area contributed by atoms with Crippen molar-refractivity contribution in [1.82, 2.24) is 20.3 Å². The molecule has 1 N–H and O–H groups in total. The Balaban J connectivity index is 1.91. The number of hydrogen-bond donors (Lipinski definition) is 1. The van der Waals surface area contributed by atoms with E-state index in [4.69, 9.17) is 9.47 Å². The molecule has 3 heterocycles. The minimum atomic E-state index is 0.297. The number of methoxy groups -OCH3 is 2. The van der Waals surface area contributed by atoms with Crippen LogP contribution in [0.2, 0.25) is 0 Å². The third-order valence-corrected chi connectivity index (χ3v) is 3.65. The third-order valence-electron chi connectivity index (χ3n) is 3.65. The summed E-state index contributed by atoms with van der Waals surface area (Å²) in [5.41, 5.74) is 0. The first-order valence-electron chi connectivity index (χ1n) is 6.13. The molecule has 0 spiro atoms.